The Hall–Kier alpha value is -0.890. The molecule has 2 heteroatoms. The standard InChI is InChI=1S/C11H16FN/c1-3-5-9(4-2)11(12)8-10(11)6-7-13/h3-5,10H,1-2,6-8,13H2/b9-5+. The highest BCUT2D eigenvalue weighted by molar-refractivity contribution is 5.38. The molecule has 2 atom stereocenters. The van der Waals surface area contributed by atoms with Crippen LogP contribution in [0.4, 0.5) is 4.39 Å². The van der Waals surface area contributed by atoms with Crippen LogP contribution < -0.4 is 5.73 Å². The minimum atomic E-state index is -1.17. The Balaban J connectivity index is 2.66. The number of nitrogens with two attached hydrogens (primary N) is 1. The van der Waals surface area contributed by atoms with Crippen molar-refractivity contribution in [2.75, 3.05) is 6.54 Å². The molecule has 1 aliphatic rings. The highest BCUT2D eigenvalue weighted by atomic mass is 19.1. The van der Waals surface area contributed by atoms with Gasteiger partial charge in [0.2, 0.25) is 0 Å². The van der Waals surface area contributed by atoms with Crippen molar-refractivity contribution < 1.29 is 4.39 Å². The molecule has 72 valence electrons. The van der Waals surface area contributed by atoms with Crippen LogP contribution in [0.25, 0.3) is 0 Å². The molecule has 2 unspecified atom stereocenters. The zero-order valence-electron chi connectivity index (χ0n) is 7.80. The number of halogens is 1. The molecule has 0 radical (unpaired) electrons. The Labute approximate surface area is 78.8 Å². The number of allylic oxidation sites excluding steroid dienone is 4. The van der Waals surface area contributed by atoms with Gasteiger partial charge in [-0.05, 0) is 25.0 Å². The second-order valence-corrected chi connectivity index (χ2v) is 3.40. The van der Waals surface area contributed by atoms with Gasteiger partial charge >= 0.3 is 0 Å². The summed E-state index contributed by atoms with van der Waals surface area (Å²) < 4.78 is 14.0. The third-order valence-electron chi connectivity index (χ3n) is 2.54. The summed E-state index contributed by atoms with van der Waals surface area (Å²) in [7, 11) is 0. The molecule has 0 amide bonds. The van der Waals surface area contributed by atoms with Gasteiger partial charge in [-0.15, -0.1) is 0 Å². The molecule has 1 fully saturated rings. The molecular formula is C11H16FN. The Morgan fingerprint density at radius 3 is 2.77 bits per heavy atom. The van der Waals surface area contributed by atoms with E-state index in [1.807, 2.05) is 0 Å². The van der Waals surface area contributed by atoms with Gasteiger partial charge in [0.15, 0.2) is 0 Å². The fourth-order valence-corrected chi connectivity index (χ4v) is 1.69. The van der Waals surface area contributed by atoms with E-state index in [-0.39, 0.29) is 5.92 Å². The van der Waals surface area contributed by atoms with Crippen molar-refractivity contribution in [2.24, 2.45) is 11.7 Å². The van der Waals surface area contributed by atoms with Crippen LogP contribution in [-0.4, -0.2) is 12.2 Å². The molecule has 0 aliphatic heterocycles. The van der Waals surface area contributed by atoms with Gasteiger partial charge in [0.05, 0.1) is 0 Å². The maximum Gasteiger partial charge on any atom is 0.139 e. The number of hydrogen-bond donors (Lipinski definition) is 1. The minimum Gasteiger partial charge on any atom is -0.330 e. The van der Waals surface area contributed by atoms with Gasteiger partial charge < -0.3 is 5.73 Å². The molecule has 0 heterocycles. The highest BCUT2D eigenvalue weighted by Crippen LogP contribution is 2.54. The van der Waals surface area contributed by atoms with Crippen molar-refractivity contribution in [3.05, 3.63) is 37.0 Å². The lowest BCUT2D eigenvalue weighted by Gasteiger charge is -2.07. The van der Waals surface area contributed by atoms with Crippen LogP contribution in [0.3, 0.4) is 0 Å². The van der Waals surface area contributed by atoms with Crippen LogP contribution in [0.5, 0.6) is 0 Å². The molecular weight excluding hydrogens is 165 g/mol. The molecule has 1 nitrogen and oxygen atoms in total. The van der Waals surface area contributed by atoms with Crippen molar-refractivity contribution in [3.8, 4) is 0 Å². The first kappa shape index (κ1) is 10.2. The van der Waals surface area contributed by atoms with Crippen molar-refractivity contribution in [1.29, 1.82) is 0 Å². The maximum absolute atomic E-state index is 14.0. The second kappa shape index (κ2) is 3.88. The van der Waals surface area contributed by atoms with E-state index in [0.29, 0.717) is 18.5 Å². The van der Waals surface area contributed by atoms with Crippen molar-refractivity contribution in [1.82, 2.24) is 0 Å². The highest BCUT2D eigenvalue weighted by Gasteiger charge is 2.56. The lowest BCUT2D eigenvalue weighted by atomic mass is 10.1. The molecule has 0 aromatic heterocycles. The molecule has 0 aromatic carbocycles. The molecule has 1 aliphatic carbocycles. The van der Waals surface area contributed by atoms with E-state index in [2.05, 4.69) is 13.2 Å². The van der Waals surface area contributed by atoms with Crippen LogP contribution in [0, 0.1) is 5.92 Å². The van der Waals surface area contributed by atoms with Crippen molar-refractivity contribution in [3.63, 3.8) is 0 Å². The summed E-state index contributed by atoms with van der Waals surface area (Å²) in [6, 6.07) is 0. The topological polar surface area (TPSA) is 26.0 Å². The van der Waals surface area contributed by atoms with Crippen LogP contribution in [0.1, 0.15) is 12.8 Å². The van der Waals surface area contributed by atoms with Gasteiger partial charge in [-0.2, -0.15) is 0 Å². The van der Waals surface area contributed by atoms with Crippen LogP contribution >= 0.6 is 0 Å². The predicted molar refractivity (Wildman–Crippen MR) is 54.1 cm³/mol. The Morgan fingerprint density at radius 1 is 1.62 bits per heavy atom. The average Bonchev–Trinajstić information content (AvgIpc) is 2.75. The van der Waals surface area contributed by atoms with Crippen molar-refractivity contribution >= 4 is 0 Å². The smallest absolute Gasteiger partial charge is 0.139 e. The summed E-state index contributed by atoms with van der Waals surface area (Å²) in [4.78, 5) is 0. The Bertz CT molecular complexity index is 244. The van der Waals surface area contributed by atoms with Gasteiger partial charge in [0.25, 0.3) is 0 Å². The molecule has 0 bridgehead atoms. The largest absolute Gasteiger partial charge is 0.330 e. The summed E-state index contributed by atoms with van der Waals surface area (Å²) in [6.07, 6.45) is 6.17. The zero-order chi connectivity index (χ0) is 9.90. The molecule has 1 rings (SSSR count). The summed E-state index contributed by atoms with van der Waals surface area (Å²) in [6.45, 7) is 7.69. The Morgan fingerprint density at radius 2 is 2.31 bits per heavy atom. The van der Waals surface area contributed by atoms with Crippen LogP contribution in [0.15, 0.2) is 37.0 Å². The molecule has 13 heavy (non-hydrogen) atoms. The fourth-order valence-electron chi connectivity index (χ4n) is 1.69. The monoisotopic (exact) mass is 181 g/mol. The average molecular weight is 181 g/mol. The molecule has 0 aromatic rings. The maximum atomic E-state index is 14.0. The Kier molecular flexibility index (Phi) is 3.04. The first-order chi connectivity index (χ1) is 6.19. The predicted octanol–water partition coefficient (Wildman–Crippen LogP) is 2.36. The zero-order valence-corrected chi connectivity index (χ0v) is 7.80. The first-order valence-electron chi connectivity index (χ1n) is 4.53. The summed E-state index contributed by atoms with van der Waals surface area (Å²) in [5.41, 5.74) is 4.84. The van der Waals surface area contributed by atoms with Gasteiger partial charge in [0, 0.05) is 5.92 Å². The number of hydrogen-bond acceptors (Lipinski definition) is 1. The summed E-state index contributed by atoms with van der Waals surface area (Å²) >= 11 is 0. The van der Waals surface area contributed by atoms with E-state index in [1.165, 1.54) is 0 Å². The van der Waals surface area contributed by atoms with E-state index < -0.39 is 5.67 Å². The van der Waals surface area contributed by atoms with Gasteiger partial charge in [0.1, 0.15) is 5.67 Å². The van der Waals surface area contributed by atoms with E-state index >= 15 is 0 Å². The summed E-state index contributed by atoms with van der Waals surface area (Å²) in [5, 5.41) is 0. The molecule has 0 saturated heterocycles. The lowest BCUT2D eigenvalue weighted by Crippen LogP contribution is -2.10. The molecule has 0 spiro atoms. The number of rotatable bonds is 5. The number of alkyl halides is 1. The van der Waals surface area contributed by atoms with Crippen LogP contribution in [0.2, 0.25) is 0 Å². The van der Waals surface area contributed by atoms with E-state index in [9.17, 15) is 4.39 Å². The lowest BCUT2D eigenvalue weighted by molar-refractivity contribution is 0.331. The minimum absolute atomic E-state index is 0.0849. The molecule has 1 saturated carbocycles. The van der Waals surface area contributed by atoms with E-state index in [0.717, 1.165) is 6.42 Å². The van der Waals surface area contributed by atoms with Gasteiger partial charge in [-0.3, -0.25) is 0 Å². The third-order valence-corrected chi connectivity index (χ3v) is 2.54. The van der Waals surface area contributed by atoms with E-state index in [1.54, 1.807) is 18.2 Å². The first-order valence-corrected chi connectivity index (χ1v) is 4.53. The third kappa shape index (κ3) is 1.89. The fraction of sp³-hybridized carbons (Fsp3) is 0.455. The quantitative estimate of drug-likeness (QED) is 0.647. The van der Waals surface area contributed by atoms with E-state index in [4.69, 9.17) is 5.73 Å². The molecule has 2 N–H and O–H groups in total. The second-order valence-electron chi connectivity index (χ2n) is 3.40. The van der Waals surface area contributed by atoms with Gasteiger partial charge in [-0.1, -0.05) is 31.4 Å². The SMILES string of the molecule is C=C/C=C(\C=C)C1(F)CC1CCN. The van der Waals surface area contributed by atoms with Crippen molar-refractivity contribution in [2.45, 2.75) is 18.5 Å². The van der Waals surface area contributed by atoms with Gasteiger partial charge in [-0.25, -0.2) is 4.39 Å². The normalized spacial score (nSPS) is 32.8. The van der Waals surface area contributed by atoms with Crippen LogP contribution in [-0.2, 0) is 0 Å². The summed E-state index contributed by atoms with van der Waals surface area (Å²) in [5.74, 6) is 0.0849.